The van der Waals surface area contributed by atoms with E-state index in [1.807, 2.05) is 0 Å². The fourth-order valence-electron chi connectivity index (χ4n) is 6.77. The van der Waals surface area contributed by atoms with Gasteiger partial charge in [-0.2, -0.15) is 0 Å². The van der Waals surface area contributed by atoms with Gasteiger partial charge in [0.05, 0.1) is 0 Å². The van der Waals surface area contributed by atoms with Crippen LogP contribution in [0, 0.1) is 0 Å². The summed E-state index contributed by atoms with van der Waals surface area (Å²) in [5.74, 6) is -0.790. The van der Waals surface area contributed by atoms with E-state index < -0.39 is 5.97 Å². The predicted octanol–water partition coefficient (Wildman–Crippen LogP) is 15.0. The number of carboxylic acid groups (broad SMARTS) is 1. The van der Waals surface area contributed by atoms with Crippen LogP contribution in [-0.4, -0.2) is 23.1 Å². The van der Waals surface area contributed by atoms with Crippen LogP contribution in [0.3, 0.4) is 0 Å². The van der Waals surface area contributed by atoms with Crippen LogP contribution in [0.1, 0.15) is 251 Å². The van der Waals surface area contributed by atoms with Crippen LogP contribution in [-0.2, 0) is 14.3 Å². The minimum absolute atomic E-state index is 0.0422. The summed E-state index contributed by atoms with van der Waals surface area (Å²) in [4.78, 5) is 23.5. The largest absolute Gasteiger partial charge is 0.481 e. The highest BCUT2D eigenvalue weighted by Crippen LogP contribution is 2.19. The molecule has 0 saturated carbocycles. The fraction of sp³-hybridized carbons (Fsp3) is 0.909. The van der Waals surface area contributed by atoms with E-state index in [4.69, 9.17) is 9.84 Å². The average molecular weight is 677 g/mol. The van der Waals surface area contributed by atoms with Crippen LogP contribution < -0.4 is 0 Å². The maximum atomic E-state index is 12.6. The first-order valence-corrected chi connectivity index (χ1v) is 21.7. The Morgan fingerprint density at radius 2 is 0.750 bits per heavy atom. The summed E-state index contributed by atoms with van der Waals surface area (Å²) in [6.45, 7) is 4.56. The van der Waals surface area contributed by atoms with Gasteiger partial charge < -0.3 is 9.84 Å². The zero-order valence-electron chi connectivity index (χ0n) is 32.6. The second-order valence-electron chi connectivity index (χ2n) is 14.9. The van der Waals surface area contributed by atoms with Crippen molar-refractivity contribution in [2.24, 2.45) is 0 Å². The van der Waals surface area contributed by atoms with Crippen LogP contribution >= 0.6 is 0 Å². The Hall–Kier alpha value is -1.32. The van der Waals surface area contributed by atoms with Gasteiger partial charge in [0.2, 0.25) is 0 Å². The number of rotatable bonds is 40. The molecule has 1 unspecified atom stereocenters. The van der Waals surface area contributed by atoms with Crippen molar-refractivity contribution in [3.63, 3.8) is 0 Å². The Morgan fingerprint density at radius 1 is 0.438 bits per heavy atom. The summed E-state index contributed by atoms with van der Waals surface area (Å²) in [7, 11) is 0. The second kappa shape index (κ2) is 40.1. The van der Waals surface area contributed by atoms with Crippen molar-refractivity contribution in [2.45, 2.75) is 258 Å². The number of unbranched alkanes of at least 4 members (excludes halogenated alkanes) is 29. The molecule has 0 aromatic heterocycles. The third-order valence-corrected chi connectivity index (χ3v) is 9.99. The number of esters is 1. The molecule has 0 amide bonds. The third kappa shape index (κ3) is 39.1. The van der Waals surface area contributed by atoms with Crippen molar-refractivity contribution in [3.8, 4) is 0 Å². The summed E-state index contributed by atoms with van der Waals surface area (Å²) in [6, 6.07) is 0. The minimum Gasteiger partial charge on any atom is -0.481 e. The zero-order valence-corrected chi connectivity index (χ0v) is 32.6. The van der Waals surface area contributed by atoms with E-state index in [2.05, 4.69) is 26.0 Å². The molecule has 0 rings (SSSR count). The van der Waals surface area contributed by atoms with Crippen LogP contribution in [0.15, 0.2) is 12.2 Å². The van der Waals surface area contributed by atoms with Gasteiger partial charge in [0.15, 0.2) is 0 Å². The van der Waals surface area contributed by atoms with Crippen molar-refractivity contribution in [1.82, 2.24) is 0 Å². The Bertz CT molecular complexity index is 687. The Balaban J connectivity index is 3.80. The molecule has 4 nitrogen and oxygen atoms in total. The van der Waals surface area contributed by atoms with Crippen molar-refractivity contribution < 1.29 is 19.4 Å². The highest BCUT2D eigenvalue weighted by atomic mass is 16.5. The van der Waals surface area contributed by atoms with E-state index in [1.165, 1.54) is 180 Å². The molecule has 0 aromatic carbocycles. The SMILES string of the molecule is CCCCCCCC/C=C\CCCCCCCCCCCC(=O)OC(CCCCCCCCCCCCCCCC)CCCCC(=O)O. The number of ether oxygens (including phenoxy) is 1. The maximum Gasteiger partial charge on any atom is 0.306 e. The molecule has 4 heteroatoms. The van der Waals surface area contributed by atoms with Crippen molar-refractivity contribution >= 4 is 11.9 Å². The first kappa shape index (κ1) is 46.7. The Kier molecular flexibility index (Phi) is 39.0. The van der Waals surface area contributed by atoms with Gasteiger partial charge in [0, 0.05) is 12.8 Å². The van der Waals surface area contributed by atoms with Gasteiger partial charge in [-0.3, -0.25) is 9.59 Å². The molecule has 0 aliphatic heterocycles. The van der Waals surface area contributed by atoms with Gasteiger partial charge in [-0.1, -0.05) is 187 Å². The normalized spacial score (nSPS) is 12.2. The first-order valence-electron chi connectivity index (χ1n) is 21.7. The van der Waals surface area contributed by atoms with Gasteiger partial charge in [-0.15, -0.1) is 0 Å². The standard InChI is InChI=1S/C44H84O4/c1-3-5-7-9-11-13-15-17-19-20-21-22-23-25-27-29-31-33-35-41-44(47)48-42(39-36-37-40-43(45)46)38-34-32-30-28-26-24-18-16-14-12-10-8-6-4-2/h17,19,42H,3-16,18,20-41H2,1-2H3,(H,45,46)/b19-17-. The molecule has 284 valence electrons. The van der Waals surface area contributed by atoms with E-state index in [-0.39, 0.29) is 18.5 Å². The zero-order chi connectivity index (χ0) is 35.0. The predicted molar refractivity (Wildman–Crippen MR) is 209 cm³/mol. The van der Waals surface area contributed by atoms with E-state index in [0.29, 0.717) is 12.8 Å². The quantitative estimate of drug-likeness (QED) is 0.0398. The topological polar surface area (TPSA) is 63.6 Å². The number of carboxylic acids is 1. The minimum atomic E-state index is -0.739. The molecular formula is C44H84O4. The van der Waals surface area contributed by atoms with Crippen molar-refractivity contribution in [1.29, 1.82) is 0 Å². The summed E-state index contributed by atoms with van der Waals surface area (Å²) < 4.78 is 5.92. The van der Waals surface area contributed by atoms with Gasteiger partial charge in [0.1, 0.15) is 6.10 Å². The highest BCUT2D eigenvalue weighted by molar-refractivity contribution is 5.69. The lowest BCUT2D eigenvalue weighted by atomic mass is 10.0. The summed E-state index contributed by atoms with van der Waals surface area (Å²) in [5.41, 5.74) is 0. The Morgan fingerprint density at radius 3 is 1.15 bits per heavy atom. The van der Waals surface area contributed by atoms with Gasteiger partial charge in [-0.05, 0) is 64.2 Å². The molecule has 0 aromatic rings. The number of hydrogen-bond donors (Lipinski definition) is 1. The lowest BCUT2D eigenvalue weighted by Gasteiger charge is -2.18. The second-order valence-corrected chi connectivity index (χ2v) is 14.9. The van der Waals surface area contributed by atoms with Gasteiger partial charge >= 0.3 is 11.9 Å². The number of aliphatic carboxylic acids is 1. The van der Waals surface area contributed by atoms with Crippen LogP contribution in [0.5, 0.6) is 0 Å². The number of carbonyl (C=O) groups excluding carboxylic acids is 1. The molecule has 0 aliphatic carbocycles. The molecule has 0 spiro atoms. The fourth-order valence-corrected chi connectivity index (χ4v) is 6.77. The summed E-state index contributed by atoms with van der Waals surface area (Å²) in [6.07, 6.45) is 49.5. The first-order chi connectivity index (χ1) is 23.6. The van der Waals surface area contributed by atoms with E-state index in [9.17, 15) is 9.59 Å². The molecule has 1 N–H and O–H groups in total. The van der Waals surface area contributed by atoms with Crippen LogP contribution in [0.4, 0.5) is 0 Å². The van der Waals surface area contributed by atoms with Crippen molar-refractivity contribution in [2.75, 3.05) is 0 Å². The summed E-state index contributed by atoms with van der Waals surface area (Å²) >= 11 is 0. The lowest BCUT2D eigenvalue weighted by Crippen LogP contribution is -2.18. The lowest BCUT2D eigenvalue weighted by molar-refractivity contribution is -0.150. The number of hydrogen-bond acceptors (Lipinski definition) is 3. The molecular weight excluding hydrogens is 592 g/mol. The molecule has 1 atom stereocenters. The highest BCUT2D eigenvalue weighted by Gasteiger charge is 2.14. The molecule has 0 aliphatic rings. The monoisotopic (exact) mass is 677 g/mol. The van der Waals surface area contributed by atoms with Gasteiger partial charge in [0.25, 0.3) is 0 Å². The average Bonchev–Trinajstić information content (AvgIpc) is 3.07. The van der Waals surface area contributed by atoms with E-state index in [1.54, 1.807) is 0 Å². The van der Waals surface area contributed by atoms with Crippen LogP contribution in [0.2, 0.25) is 0 Å². The molecule has 0 fully saturated rings. The molecule has 48 heavy (non-hydrogen) atoms. The smallest absolute Gasteiger partial charge is 0.306 e. The van der Waals surface area contributed by atoms with E-state index >= 15 is 0 Å². The van der Waals surface area contributed by atoms with Gasteiger partial charge in [-0.25, -0.2) is 0 Å². The van der Waals surface area contributed by atoms with Crippen LogP contribution in [0.25, 0.3) is 0 Å². The molecule has 0 heterocycles. The molecule has 0 bridgehead atoms. The summed E-state index contributed by atoms with van der Waals surface area (Å²) in [5, 5.41) is 8.97. The number of allylic oxidation sites excluding steroid dienone is 2. The van der Waals surface area contributed by atoms with Crippen molar-refractivity contribution in [3.05, 3.63) is 12.2 Å². The van der Waals surface area contributed by atoms with E-state index in [0.717, 1.165) is 38.5 Å². The molecule has 0 radical (unpaired) electrons. The maximum absolute atomic E-state index is 12.6. The Labute approximate surface area is 300 Å². The number of carbonyl (C=O) groups is 2. The third-order valence-electron chi connectivity index (χ3n) is 9.99. The molecule has 0 saturated heterocycles.